The summed E-state index contributed by atoms with van der Waals surface area (Å²) >= 11 is 0. The Labute approximate surface area is 132 Å². The topological polar surface area (TPSA) is 49.8 Å². The number of hydrogen-bond donors (Lipinski definition) is 1. The second-order valence-electron chi connectivity index (χ2n) is 6.42. The lowest BCUT2D eigenvalue weighted by Crippen LogP contribution is -2.38. The number of aryl methyl sites for hydroxylation is 1. The molecule has 1 aliphatic heterocycles. The Kier molecular flexibility index (Phi) is 4.67. The Morgan fingerprint density at radius 1 is 1.36 bits per heavy atom. The molecule has 2 aliphatic rings. The van der Waals surface area contributed by atoms with Gasteiger partial charge in [0.15, 0.2) is 0 Å². The smallest absolute Gasteiger partial charge is 0.223 e. The molecule has 3 rings (SSSR count). The summed E-state index contributed by atoms with van der Waals surface area (Å²) in [5.41, 5.74) is 2.63. The summed E-state index contributed by atoms with van der Waals surface area (Å²) < 4.78 is 5.30. The summed E-state index contributed by atoms with van der Waals surface area (Å²) in [5.74, 6) is 1.40. The number of carbonyl (C=O) groups is 1. The molecule has 0 aromatic heterocycles. The van der Waals surface area contributed by atoms with Gasteiger partial charge in [-0.05, 0) is 61.3 Å². The van der Waals surface area contributed by atoms with Crippen LogP contribution in [0.5, 0.6) is 5.75 Å². The average Bonchev–Trinajstić information content (AvgIpc) is 3.03. The third-order valence-corrected chi connectivity index (χ3v) is 5.12. The van der Waals surface area contributed by atoms with Crippen molar-refractivity contribution in [1.82, 2.24) is 4.90 Å². The minimum Gasteiger partial charge on any atom is -0.497 e. The minimum atomic E-state index is 0.0337. The van der Waals surface area contributed by atoms with Crippen molar-refractivity contribution in [2.24, 2.45) is 0 Å². The van der Waals surface area contributed by atoms with Gasteiger partial charge in [-0.15, -0.1) is 0 Å². The minimum absolute atomic E-state index is 0.0337. The first kappa shape index (κ1) is 15.3. The number of methoxy groups -OCH3 is 1. The predicted octanol–water partition coefficient (Wildman–Crippen LogP) is 2.49. The molecule has 1 aliphatic carbocycles. The van der Waals surface area contributed by atoms with Crippen molar-refractivity contribution in [1.29, 1.82) is 0 Å². The first-order valence-electron chi connectivity index (χ1n) is 8.30. The number of nitrogens with zero attached hydrogens (tertiary/aromatic N) is 1. The molecule has 1 aromatic carbocycles. The lowest BCUT2D eigenvalue weighted by atomic mass is 9.80. The number of amides is 1. The highest BCUT2D eigenvalue weighted by Crippen LogP contribution is 2.36. The van der Waals surface area contributed by atoms with Crippen LogP contribution in [0.4, 0.5) is 0 Å². The molecule has 0 bridgehead atoms. The quantitative estimate of drug-likeness (QED) is 0.929. The van der Waals surface area contributed by atoms with Crippen molar-refractivity contribution < 1.29 is 14.6 Å². The van der Waals surface area contributed by atoms with E-state index in [1.807, 2.05) is 11.0 Å². The van der Waals surface area contributed by atoms with E-state index >= 15 is 0 Å². The van der Waals surface area contributed by atoms with Gasteiger partial charge in [-0.2, -0.15) is 0 Å². The van der Waals surface area contributed by atoms with Crippen molar-refractivity contribution >= 4 is 5.91 Å². The Morgan fingerprint density at radius 3 is 3.00 bits per heavy atom. The second-order valence-corrected chi connectivity index (χ2v) is 6.42. The van der Waals surface area contributed by atoms with Crippen molar-refractivity contribution in [2.45, 2.75) is 50.5 Å². The van der Waals surface area contributed by atoms with Crippen LogP contribution < -0.4 is 4.74 Å². The van der Waals surface area contributed by atoms with E-state index in [1.54, 1.807) is 7.11 Å². The Bertz CT molecular complexity index is 543. The van der Waals surface area contributed by atoms with Gasteiger partial charge in [-0.3, -0.25) is 4.79 Å². The van der Waals surface area contributed by atoms with Crippen LogP contribution in [0.1, 0.15) is 49.1 Å². The standard InChI is InChI=1S/C18H25NO3/c1-22-16-7-8-17-13(10-16)4-2-5-14(17)11-18(21)19-9-3-6-15(19)12-20/h7-8,10,14-15,20H,2-6,9,11-12H2,1H3/t14?,15-/m1/s1. The van der Waals surface area contributed by atoms with Gasteiger partial charge in [-0.25, -0.2) is 0 Å². The summed E-state index contributed by atoms with van der Waals surface area (Å²) in [6, 6.07) is 6.26. The first-order chi connectivity index (χ1) is 10.7. The van der Waals surface area contributed by atoms with Crippen molar-refractivity contribution in [3.8, 4) is 5.75 Å². The number of ether oxygens (including phenoxy) is 1. The maximum Gasteiger partial charge on any atom is 0.223 e. The number of benzene rings is 1. The molecule has 4 nitrogen and oxygen atoms in total. The summed E-state index contributed by atoms with van der Waals surface area (Å²) in [5, 5.41) is 9.40. The number of rotatable bonds is 4. The molecule has 0 spiro atoms. The monoisotopic (exact) mass is 303 g/mol. The van der Waals surface area contributed by atoms with E-state index in [-0.39, 0.29) is 18.6 Å². The van der Waals surface area contributed by atoms with Crippen LogP contribution in [0.25, 0.3) is 0 Å². The number of carbonyl (C=O) groups excluding carboxylic acids is 1. The summed E-state index contributed by atoms with van der Waals surface area (Å²) in [6.07, 6.45) is 5.77. The third-order valence-electron chi connectivity index (χ3n) is 5.12. The largest absolute Gasteiger partial charge is 0.497 e. The van der Waals surface area contributed by atoms with Crippen LogP contribution in [0.3, 0.4) is 0 Å². The fourth-order valence-corrected chi connectivity index (χ4v) is 3.91. The summed E-state index contributed by atoms with van der Waals surface area (Å²) in [6.45, 7) is 0.885. The second kappa shape index (κ2) is 6.69. The zero-order valence-electron chi connectivity index (χ0n) is 13.3. The maximum atomic E-state index is 12.6. The molecule has 1 aromatic rings. The molecular weight excluding hydrogens is 278 g/mol. The maximum absolute atomic E-state index is 12.6. The van der Waals surface area contributed by atoms with Crippen LogP contribution in [0.15, 0.2) is 18.2 Å². The number of likely N-dealkylation sites (tertiary alicyclic amines) is 1. The SMILES string of the molecule is COc1ccc2c(c1)CCCC2CC(=O)N1CCC[C@@H]1CO. The van der Waals surface area contributed by atoms with Crippen LogP contribution in [0, 0.1) is 0 Å². The normalized spacial score (nSPS) is 24.2. The van der Waals surface area contributed by atoms with E-state index in [0.29, 0.717) is 12.3 Å². The zero-order valence-corrected chi connectivity index (χ0v) is 13.3. The van der Waals surface area contributed by atoms with E-state index in [2.05, 4.69) is 12.1 Å². The highest BCUT2D eigenvalue weighted by molar-refractivity contribution is 5.78. The average molecular weight is 303 g/mol. The molecule has 120 valence electrons. The van der Waals surface area contributed by atoms with Crippen LogP contribution in [0.2, 0.25) is 0 Å². The summed E-state index contributed by atoms with van der Waals surface area (Å²) in [4.78, 5) is 14.5. The first-order valence-corrected chi connectivity index (χ1v) is 8.30. The number of aliphatic hydroxyl groups is 1. The van der Waals surface area contributed by atoms with Crippen LogP contribution in [-0.4, -0.2) is 42.2 Å². The van der Waals surface area contributed by atoms with Gasteiger partial charge in [0.25, 0.3) is 0 Å². The van der Waals surface area contributed by atoms with Crippen molar-refractivity contribution in [3.63, 3.8) is 0 Å². The molecule has 1 unspecified atom stereocenters. The van der Waals surface area contributed by atoms with E-state index in [9.17, 15) is 9.90 Å². The predicted molar refractivity (Wildman–Crippen MR) is 85.1 cm³/mol. The molecule has 4 heteroatoms. The van der Waals surface area contributed by atoms with E-state index < -0.39 is 0 Å². The zero-order chi connectivity index (χ0) is 15.5. The Balaban J connectivity index is 1.73. The van der Waals surface area contributed by atoms with Gasteiger partial charge < -0.3 is 14.7 Å². The third kappa shape index (κ3) is 2.98. The Morgan fingerprint density at radius 2 is 2.23 bits per heavy atom. The van der Waals surface area contributed by atoms with Gasteiger partial charge in [-0.1, -0.05) is 6.07 Å². The van der Waals surface area contributed by atoms with Gasteiger partial charge in [0, 0.05) is 13.0 Å². The lowest BCUT2D eigenvalue weighted by Gasteiger charge is -2.29. The fourth-order valence-electron chi connectivity index (χ4n) is 3.91. The van der Waals surface area contributed by atoms with Gasteiger partial charge in [0.1, 0.15) is 5.75 Å². The van der Waals surface area contributed by atoms with Crippen LogP contribution >= 0.6 is 0 Å². The lowest BCUT2D eigenvalue weighted by molar-refractivity contribution is -0.133. The molecular formula is C18H25NO3. The van der Waals surface area contributed by atoms with E-state index in [0.717, 1.165) is 44.4 Å². The molecule has 1 amide bonds. The molecule has 0 saturated carbocycles. The number of fused-ring (bicyclic) bond motifs is 1. The summed E-state index contributed by atoms with van der Waals surface area (Å²) in [7, 11) is 1.69. The molecule has 0 radical (unpaired) electrons. The van der Waals surface area contributed by atoms with Crippen LogP contribution in [-0.2, 0) is 11.2 Å². The molecule has 22 heavy (non-hydrogen) atoms. The fraction of sp³-hybridized carbons (Fsp3) is 0.611. The van der Waals surface area contributed by atoms with Crippen molar-refractivity contribution in [3.05, 3.63) is 29.3 Å². The highest BCUT2D eigenvalue weighted by Gasteiger charge is 2.31. The molecule has 1 heterocycles. The number of hydrogen-bond acceptors (Lipinski definition) is 3. The van der Waals surface area contributed by atoms with Gasteiger partial charge >= 0.3 is 0 Å². The molecule has 1 N–H and O–H groups in total. The molecule has 1 saturated heterocycles. The molecule has 1 fully saturated rings. The van der Waals surface area contributed by atoms with Crippen molar-refractivity contribution in [2.75, 3.05) is 20.3 Å². The van der Waals surface area contributed by atoms with E-state index in [4.69, 9.17) is 4.74 Å². The van der Waals surface area contributed by atoms with Gasteiger partial charge in [0.2, 0.25) is 5.91 Å². The van der Waals surface area contributed by atoms with Gasteiger partial charge in [0.05, 0.1) is 19.8 Å². The molecule has 2 atom stereocenters. The van der Waals surface area contributed by atoms with E-state index in [1.165, 1.54) is 11.1 Å². The Hall–Kier alpha value is -1.55. The highest BCUT2D eigenvalue weighted by atomic mass is 16.5. The number of aliphatic hydroxyl groups excluding tert-OH is 1.